The molecule has 4 heteroatoms. The molecule has 0 saturated heterocycles. The Hall–Kier alpha value is -11.2. The summed E-state index contributed by atoms with van der Waals surface area (Å²) >= 11 is 0. The van der Waals surface area contributed by atoms with Crippen LogP contribution in [0.15, 0.2) is 315 Å². The molecule has 0 spiro atoms. The number of rotatable bonds is 8. The monoisotopic (exact) mass is 1100 g/mol. The summed E-state index contributed by atoms with van der Waals surface area (Å²) in [6.45, 7) is 0. The topological polar surface area (TPSA) is 16.3 Å². The minimum absolute atomic E-state index is 0.737. The predicted molar refractivity (Wildman–Crippen MR) is 362 cm³/mol. The van der Waals surface area contributed by atoms with Gasteiger partial charge in [0.25, 0.3) is 0 Å². The first kappa shape index (κ1) is 49.4. The lowest BCUT2D eigenvalue weighted by Gasteiger charge is -2.30. The number of aromatic nitrogens is 2. The first-order valence-electron chi connectivity index (χ1n) is 29.8. The maximum absolute atomic E-state index is 2.52. The van der Waals surface area contributed by atoms with Gasteiger partial charge in [0.2, 0.25) is 0 Å². The standard InChI is InChI=1S/C82H56N4/c1-5-25-61(26-6-1)83(66-43-45-79-75(53-66)71-36-19-21-39-77(71)85(79)63-29-9-3-10-30-63)65-42-41-55-51-74-59(49-58(55)50-65)47-56-23-13-15-33-68(56)69-34-16-14-24-57(69)48-60-52-81(70-35-17-18-38-73(70)82(60)74)84(62-27-7-2-8-28-62)67-44-46-80-76(54-67)72-37-20-22-40-78(72)86(80)64-31-11-4-12-32-64/h1-46,49-54H,47-48H2. The van der Waals surface area contributed by atoms with E-state index in [-0.39, 0.29) is 0 Å². The Balaban J connectivity index is 0.878. The van der Waals surface area contributed by atoms with Crippen LogP contribution < -0.4 is 9.80 Å². The highest BCUT2D eigenvalue weighted by atomic mass is 15.2. The van der Waals surface area contributed by atoms with Gasteiger partial charge < -0.3 is 18.9 Å². The number of para-hydroxylation sites is 6. The Morgan fingerprint density at radius 3 is 1.24 bits per heavy atom. The van der Waals surface area contributed by atoms with Crippen LogP contribution >= 0.6 is 0 Å². The Kier molecular flexibility index (Phi) is 11.7. The second-order valence-corrected chi connectivity index (χ2v) is 22.8. The molecule has 86 heavy (non-hydrogen) atoms. The number of hydrogen-bond donors (Lipinski definition) is 0. The lowest BCUT2D eigenvalue weighted by atomic mass is 9.81. The zero-order chi connectivity index (χ0) is 56.7. The van der Waals surface area contributed by atoms with Gasteiger partial charge in [-0.3, -0.25) is 0 Å². The average molecular weight is 1100 g/mol. The van der Waals surface area contributed by atoms with Gasteiger partial charge in [-0.25, -0.2) is 0 Å². The molecule has 1 aliphatic carbocycles. The second-order valence-electron chi connectivity index (χ2n) is 22.8. The summed E-state index contributed by atoms with van der Waals surface area (Å²) in [5.41, 5.74) is 24.0. The van der Waals surface area contributed by atoms with Crippen LogP contribution in [0.5, 0.6) is 0 Å². The summed E-state index contributed by atoms with van der Waals surface area (Å²) < 4.78 is 4.79. The van der Waals surface area contributed by atoms with Crippen LogP contribution in [-0.2, 0) is 12.8 Å². The molecule has 16 aromatic rings. The molecule has 0 N–H and O–H groups in total. The molecule has 14 aromatic carbocycles. The number of fused-ring (bicyclic) bond motifs is 15. The van der Waals surface area contributed by atoms with E-state index in [1.807, 2.05) is 0 Å². The smallest absolute Gasteiger partial charge is 0.0543 e. The van der Waals surface area contributed by atoms with Gasteiger partial charge in [-0.05, 0) is 195 Å². The third-order valence-corrected chi connectivity index (χ3v) is 17.9. The molecule has 0 unspecified atom stereocenters. The van der Waals surface area contributed by atoms with Gasteiger partial charge in [-0.2, -0.15) is 0 Å². The maximum atomic E-state index is 2.52. The van der Waals surface area contributed by atoms with E-state index in [0.717, 1.165) is 58.3 Å². The van der Waals surface area contributed by atoms with E-state index in [9.17, 15) is 0 Å². The molecule has 17 rings (SSSR count). The van der Waals surface area contributed by atoms with Crippen LogP contribution in [0.4, 0.5) is 34.1 Å². The van der Waals surface area contributed by atoms with Crippen LogP contribution in [0.3, 0.4) is 0 Å². The molecular formula is C82H56N4. The highest BCUT2D eigenvalue weighted by Crippen LogP contribution is 2.49. The van der Waals surface area contributed by atoms with Gasteiger partial charge in [-0.15, -0.1) is 0 Å². The van der Waals surface area contributed by atoms with E-state index in [0.29, 0.717) is 0 Å². The molecule has 0 saturated carbocycles. The Bertz CT molecular complexity index is 5290. The van der Waals surface area contributed by atoms with Crippen molar-refractivity contribution in [2.75, 3.05) is 9.80 Å². The van der Waals surface area contributed by atoms with E-state index < -0.39 is 0 Å². The Morgan fingerprint density at radius 2 is 0.663 bits per heavy atom. The molecule has 0 radical (unpaired) electrons. The molecule has 4 nitrogen and oxygen atoms in total. The first-order valence-corrected chi connectivity index (χ1v) is 29.8. The number of benzene rings is 14. The molecule has 2 heterocycles. The van der Waals surface area contributed by atoms with E-state index >= 15 is 0 Å². The van der Waals surface area contributed by atoms with Crippen LogP contribution in [0.1, 0.15) is 22.3 Å². The lowest BCUT2D eigenvalue weighted by Crippen LogP contribution is -2.12. The molecule has 0 atom stereocenters. The summed E-state index contributed by atoms with van der Waals surface area (Å²) in [6, 6.07) is 117. The van der Waals surface area contributed by atoms with E-state index in [1.54, 1.807) is 0 Å². The van der Waals surface area contributed by atoms with Crippen LogP contribution in [0.2, 0.25) is 0 Å². The molecule has 0 amide bonds. The van der Waals surface area contributed by atoms with Crippen molar-refractivity contribution >= 4 is 99.3 Å². The van der Waals surface area contributed by atoms with Crippen molar-refractivity contribution in [1.82, 2.24) is 9.13 Å². The fraction of sp³-hybridized carbons (Fsp3) is 0.0244. The summed E-state index contributed by atoms with van der Waals surface area (Å²) in [5.74, 6) is 0. The molecule has 0 aliphatic heterocycles. The van der Waals surface area contributed by atoms with Gasteiger partial charge in [0.15, 0.2) is 0 Å². The van der Waals surface area contributed by atoms with Crippen molar-refractivity contribution in [2.45, 2.75) is 12.8 Å². The van der Waals surface area contributed by atoms with E-state index in [4.69, 9.17) is 0 Å². The van der Waals surface area contributed by atoms with Crippen molar-refractivity contribution in [3.8, 4) is 33.6 Å². The quantitative estimate of drug-likeness (QED) is 0.151. The number of anilines is 6. The van der Waals surface area contributed by atoms with Crippen molar-refractivity contribution in [3.05, 3.63) is 338 Å². The van der Waals surface area contributed by atoms with Gasteiger partial charge in [0, 0.05) is 66.7 Å². The zero-order valence-corrected chi connectivity index (χ0v) is 47.2. The largest absolute Gasteiger partial charge is 0.310 e. The number of hydrogen-bond acceptors (Lipinski definition) is 2. The van der Waals surface area contributed by atoms with Crippen molar-refractivity contribution < 1.29 is 0 Å². The van der Waals surface area contributed by atoms with Crippen molar-refractivity contribution in [2.24, 2.45) is 0 Å². The van der Waals surface area contributed by atoms with Gasteiger partial charge in [-0.1, -0.05) is 194 Å². The summed E-state index contributed by atoms with van der Waals surface area (Å²) in [7, 11) is 0. The molecule has 2 aromatic heterocycles. The fourth-order valence-electron chi connectivity index (χ4n) is 14.1. The Morgan fingerprint density at radius 1 is 0.233 bits per heavy atom. The zero-order valence-electron chi connectivity index (χ0n) is 47.2. The Labute approximate surface area is 499 Å². The van der Waals surface area contributed by atoms with E-state index in [1.165, 1.54) is 110 Å². The summed E-state index contributed by atoms with van der Waals surface area (Å²) in [5, 5.41) is 9.69. The predicted octanol–water partition coefficient (Wildman–Crippen LogP) is 22.0. The maximum Gasteiger partial charge on any atom is 0.0543 e. The van der Waals surface area contributed by atoms with E-state index in [2.05, 4.69) is 334 Å². The minimum Gasteiger partial charge on any atom is -0.310 e. The van der Waals surface area contributed by atoms with Crippen molar-refractivity contribution in [1.29, 1.82) is 0 Å². The SMILES string of the molecule is c1ccc(N(c2ccc3cc4c(cc3c2)Cc2ccccc2-c2ccccc2Cc2cc(N(c3ccccc3)c3ccc5c(c3)c3ccccc3n5-c3ccccc3)c3ccccc3c2-4)c2ccc3c(c2)c2ccccc2n3-c2ccccc2)cc1. The van der Waals surface area contributed by atoms with Crippen molar-refractivity contribution in [3.63, 3.8) is 0 Å². The normalized spacial score (nSPS) is 12.1. The molecule has 0 fully saturated rings. The molecular weight excluding hydrogens is 1040 g/mol. The third-order valence-electron chi connectivity index (χ3n) is 17.9. The summed E-state index contributed by atoms with van der Waals surface area (Å²) in [4.78, 5) is 4.92. The van der Waals surface area contributed by atoms with Crippen LogP contribution in [0.25, 0.3) is 98.8 Å². The van der Waals surface area contributed by atoms with Crippen LogP contribution in [0, 0.1) is 0 Å². The first-order chi connectivity index (χ1) is 42.7. The second kappa shape index (κ2) is 20.3. The lowest BCUT2D eigenvalue weighted by molar-refractivity contribution is 1.15. The van der Waals surface area contributed by atoms with Gasteiger partial charge >= 0.3 is 0 Å². The molecule has 0 bridgehead atoms. The van der Waals surface area contributed by atoms with Gasteiger partial charge in [0.05, 0.1) is 27.8 Å². The fourth-order valence-corrected chi connectivity index (χ4v) is 14.1. The minimum atomic E-state index is 0.737. The molecule has 1 aliphatic rings. The van der Waals surface area contributed by atoms with Gasteiger partial charge in [0.1, 0.15) is 0 Å². The highest BCUT2D eigenvalue weighted by Gasteiger charge is 2.27. The highest BCUT2D eigenvalue weighted by molar-refractivity contribution is 6.14. The molecule has 404 valence electrons. The summed E-state index contributed by atoms with van der Waals surface area (Å²) in [6.07, 6.45) is 1.49. The van der Waals surface area contributed by atoms with Crippen LogP contribution in [-0.4, -0.2) is 9.13 Å². The average Bonchev–Trinajstić information content (AvgIpc) is 3.45. The third kappa shape index (κ3) is 8.13. The number of nitrogens with zero attached hydrogens (tertiary/aromatic N) is 4.